The van der Waals surface area contributed by atoms with Crippen LogP contribution >= 0.6 is 24.0 Å². The molecule has 0 saturated heterocycles. The van der Waals surface area contributed by atoms with Crippen LogP contribution in [0.2, 0.25) is 0 Å². The van der Waals surface area contributed by atoms with Gasteiger partial charge in [-0.05, 0) is 31.0 Å². The Labute approximate surface area is 173 Å². The van der Waals surface area contributed by atoms with Gasteiger partial charge in [0.1, 0.15) is 5.75 Å². The lowest BCUT2D eigenvalue weighted by atomic mass is 10.2. The Morgan fingerprint density at radius 2 is 1.88 bits per heavy atom. The molecule has 142 valence electrons. The van der Waals surface area contributed by atoms with Gasteiger partial charge >= 0.3 is 0 Å². The van der Waals surface area contributed by atoms with Gasteiger partial charge in [-0.1, -0.05) is 38.1 Å². The highest BCUT2D eigenvalue weighted by atomic mass is 127. The highest BCUT2D eigenvalue weighted by molar-refractivity contribution is 14.0. The lowest BCUT2D eigenvalue weighted by molar-refractivity contribution is 0.268. The molecule has 0 unspecified atom stereocenters. The standard InChI is InChI=1S/C20H28N4O.HI/c1-4-21-20(24-14-18-10-7-8-12-22-18)23-13-17-9-5-6-11-19(17)25-15-16(2)3;/h5-12,16H,4,13-15H2,1-3H3,(H2,21,23,24);1H. The van der Waals surface area contributed by atoms with Crippen molar-refractivity contribution in [2.45, 2.75) is 33.9 Å². The maximum absolute atomic E-state index is 5.90. The molecule has 0 spiro atoms. The molecule has 2 N–H and O–H groups in total. The highest BCUT2D eigenvalue weighted by Gasteiger charge is 2.05. The van der Waals surface area contributed by atoms with E-state index in [4.69, 9.17) is 4.74 Å². The van der Waals surface area contributed by atoms with Gasteiger partial charge in [-0.25, -0.2) is 4.99 Å². The Morgan fingerprint density at radius 3 is 2.58 bits per heavy atom. The number of aromatic nitrogens is 1. The van der Waals surface area contributed by atoms with Crippen LogP contribution in [0.1, 0.15) is 32.0 Å². The molecule has 0 aliphatic rings. The quantitative estimate of drug-likeness (QED) is 0.350. The summed E-state index contributed by atoms with van der Waals surface area (Å²) in [5, 5.41) is 6.58. The second kappa shape index (κ2) is 12.5. The molecule has 2 rings (SSSR count). The number of pyridine rings is 1. The van der Waals surface area contributed by atoms with E-state index in [-0.39, 0.29) is 24.0 Å². The van der Waals surface area contributed by atoms with Crippen molar-refractivity contribution < 1.29 is 4.74 Å². The molecule has 1 aromatic heterocycles. The van der Waals surface area contributed by atoms with Crippen molar-refractivity contribution in [2.24, 2.45) is 10.9 Å². The zero-order chi connectivity index (χ0) is 17.9. The number of hydrogen-bond acceptors (Lipinski definition) is 3. The van der Waals surface area contributed by atoms with Gasteiger partial charge in [-0.15, -0.1) is 24.0 Å². The molecule has 1 aromatic carbocycles. The van der Waals surface area contributed by atoms with Gasteiger partial charge in [0.25, 0.3) is 0 Å². The topological polar surface area (TPSA) is 58.5 Å². The van der Waals surface area contributed by atoms with Crippen LogP contribution in [0.5, 0.6) is 5.75 Å². The number of ether oxygens (including phenoxy) is 1. The fourth-order valence-electron chi connectivity index (χ4n) is 2.21. The fourth-order valence-corrected chi connectivity index (χ4v) is 2.21. The zero-order valence-electron chi connectivity index (χ0n) is 15.7. The molecule has 0 aliphatic heterocycles. The van der Waals surface area contributed by atoms with E-state index in [1.807, 2.05) is 36.4 Å². The van der Waals surface area contributed by atoms with E-state index in [0.29, 0.717) is 25.6 Å². The summed E-state index contributed by atoms with van der Waals surface area (Å²) in [6, 6.07) is 14.0. The van der Waals surface area contributed by atoms with Crippen LogP contribution in [0, 0.1) is 5.92 Å². The summed E-state index contributed by atoms with van der Waals surface area (Å²) in [5.41, 5.74) is 2.06. The smallest absolute Gasteiger partial charge is 0.191 e. The molecule has 26 heavy (non-hydrogen) atoms. The van der Waals surface area contributed by atoms with Crippen molar-refractivity contribution in [3.05, 3.63) is 59.9 Å². The SMILES string of the molecule is CCNC(=NCc1ccccc1OCC(C)C)NCc1ccccn1.I. The minimum atomic E-state index is 0. The van der Waals surface area contributed by atoms with Crippen molar-refractivity contribution in [1.29, 1.82) is 0 Å². The second-order valence-corrected chi connectivity index (χ2v) is 6.18. The Balaban J connectivity index is 0.00000338. The molecule has 0 bridgehead atoms. The Kier molecular flexibility index (Phi) is 10.7. The number of halogens is 1. The van der Waals surface area contributed by atoms with Crippen molar-refractivity contribution in [3.8, 4) is 5.75 Å². The minimum absolute atomic E-state index is 0. The summed E-state index contributed by atoms with van der Waals surface area (Å²) in [6.07, 6.45) is 1.80. The predicted molar refractivity (Wildman–Crippen MR) is 118 cm³/mol. The number of benzene rings is 1. The minimum Gasteiger partial charge on any atom is -0.493 e. The molecule has 0 fully saturated rings. The largest absolute Gasteiger partial charge is 0.493 e. The van der Waals surface area contributed by atoms with Crippen LogP contribution in [0.25, 0.3) is 0 Å². The van der Waals surface area contributed by atoms with Gasteiger partial charge in [0.15, 0.2) is 5.96 Å². The zero-order valence-corrected chi connectivity index (χ0v) is 18.1. The van der Waals surface area contributed by atoms with Gasteiger partial charge in [-0.2, -0.15) is 0 Å². The molecular weight excluding hydrogens is 439 g/mol. The van der Waals surface area contributed by atoms with E-state index in [0.717, 1.165) is 29.5 Å². The molecule has 0 amide bonds. The van der Waals surface area contributed by atoms with Gasteiger partial charge in [-0.3, -0.25) is 4.98 Å². The van der Waals surface area contributed by atoms with Gasteiger partial charge in [0.2, 0.25) is 0 Å². The van der Waals surface area contributed by atoms with E-state index >= 15 is 0 Å². The van der Waals surface area contributed by atoms with Crippen LogP contribution in [0.3, 0.4) is 0 Å². The van der Waals surface area contributed by atoms with Crippen molar-refractivity contribution in [3.63, 3.8) is 0 Å². The first-order valence-electron chi connectivity index (χ1n) is 8.81. The third-order valence-corrected chi connectivity index (χ3v) is 3.46. The molecule has 0 atom stereocenters. The number of para-hydroxylation sites is 1. The number of guanidine groups is 1. The molecule has 6 heteroatoms. The number of nitrogens with one attached hydrogen (secondary N) is 2. The molecular formula is C20H29IN4O. The van der Waals surface area contributed by atoms with Crippen LogP contribution in [-0.4, -0.2) is 24.1 Å². The van der Waals surface area contributed by atoms with Crippen molar-refractivity contribution >= 4 is 29.9 Å². The van der Waals surface area contributed by atoms with Gasteiger partial charge < -0.3 is 15.4 Å². The predicted octanol–water partition coefficient (Wildman–Crippen LogP) is 3.99. The van der Waals surface area contributed by atoms with Gasteiger partial charge in [0, 0.05) is 18.3 Å². The first-order chi connectivity index (χ1) is 12.2. The number of nitrogens with zero attached hydrogens (tertiary/aromatic N) is 2. The average Bonchev–Trinajstić information content (AvgIpc) is 2.63. The van der Waals surface area contributed by atoms with Crippen molar-refractivity contribution in [2.75, 3.05) is 13.2 Å². The summed E-state index contributed by atoms with van der Waals surface area (Å²) in [5.74, 6) is 2.17. The Hall–Kier alpha value is -1.83. The molecule has 2 aromatic rings. The third kappa shape index (κ3) is 8.03. The van der Waals surface area contributed by atoms with Crippen LogP contribution in [0.15, 0.2) is 53.7 Å². The lowest BCUT2D eigenvalue weighted by Crippen LogP contribution is -2.37. The molecule has 0 aliphatic carbocycles. The second-order valence-electron chi connectivity index (χ2n) is 6.18. The molecule has 0 saturated carbocycles. The van der Waals surface area contributed by atoms with Crippen molar-refractivity contribution in [1.82, 2.24) is 15.6 Å². The summed E-state index contributed by atoms with van der Waals surface area (Å²) >= 11 is 0. The Morgan fingerprint density at radius 1 is 1.12 bits per heavy atom. The van der Waals surface area contributed by atoms with E-state index in [1.165, 1.54) is 0 Å². The maximum atomic E-state index is 5.90. The van der Waals surface area contributed by atoms with E-state index in [2.05, 4.69) is 47.4 Å². The summed E-state index contributed by atoms with van der Waals surface area (Å²) in [6.45, 7) is 9.05. The molecule has 1 heterocycles. The number of hydrogen-bond donors (Lipinski definition) is 2. The monoisotopic (exact) mass is 468 g/mol. The molecule has 0 radical (unpaired) electrons. The summed E-state index contributed by atoms with van der Waals surface area (Å²) in [4.78, 5) is 8.99. The van der Waals surface area contributed by atoms with E-state index in [9.17, 15) is 0 Å². The van der Waals surface area contributed by atoms with E-state index in [1.54, 1.807) is 6.20 Å². The lowest BCUT2D eigenvalue weighted by Gasteiger charge is -2.14. The first kappa shape index (κ1) is 22.2. The van der Waals surface area contributed by atoms with Crippen LogP contribution in [-0.2, 0) is 13.1 Å². The summed E-state index contributed by atoms with van der Waals surface area (Å²) < 4.78 is 5.90. The first-order valence-corrected chi connectivity index (χ1v) is 8.81. The number of aliphatic imine (C=N–C) groups is 1. The number of rotatable bonds is 8. The van der Waals surface area contributed by atoms with Crippen LogP contribution < -0.4 is 15.4 Å². The average molecular weight is 468 g/mol. The summed E-state index contributed by atoms with van der Waals surface area (Å²) in [7, 11) is 0. The van der Waals surface area contributed by atoms with Gasteiger partial charge in [0.05, 0.1) is 25.4 Å². The Bertz CT molecular complexity index is 662. The van der Waals surface area contributed by atoms with Crippen LogP contribution in [0.4, 0.5) is 0 Å². The highest BCUT2D eigenvalue weighted by Crippen LogP contribution is 2.19. The normalized spacial score (nSPS) is 11.0. The third-order valence-electron chi connectivity index (χ3n) is 3.46. The maximum Gasteiger partial charge on any atom is 0.191 e. The molecule has 5 nitrogen and oxygen atoms in total. The van der Waals surface area contributed by atoms with E-state index < -0.39 is 0 Å². The fraction of sp³-hybridized carbons (Fsp3) is 0.400.